The fraction of sp³-hybridized carbons (Fsp3) is 0.500. The second kappa shape index (κ2) is 27.1. The van der Waals surface area contributed by atoms with Crippen LogP contribution in [0.2, 0.25) is 0 Å². The average molecular weight is 1030 g/mol. The van der Waals surface area contributed by atoms with Crippen LogP contribution in [0, 0.1) is 23.0 Å². The molecule has 74 heavy (non-hydrogen) atoms. The summed E-state index contributed by atoms with van der Waals surface area (Å²) < 4.78 is 31.4. The van der Waals surface area contributed by atoms with Crippen molar-refractivity contribution in [3.63, 3.8) is 0 Å². The summed E-state index contributed by atoms with van der Waals surface area (Å²) in [5.74, 6) is -7.72. The first-order valence-electron chi connectivity index (χ1n) is 24.6. The van der Waals surface area contributed by atoms with Gasteiger partial charge >= 0.3 is 5.97 Å². The molecule has 0 radical (unpaired) electrons. The Morgan fingerprint density at radius 2 is 1.50 bits per heavy atom. The number of carboxylic acids is 1. The molecule has 2 heterocycles. The molecule has 0 saturated heterocycles. The number of carbonyl (C=O) groups excluding carboxylic acids is 8. The first-order valence-corrected chi connectivity index (χ1v) is 24.6. The molecule has 0 fully saturated rings. The van der Waals surface area contributed by atoms with Gasteiger partial charge in [-0.15, -0.1) is 0 Å². The van der Waals surface area contributed by atoms with Crippen molar-refractivity contribution < 1.29 is 57.0 Å². The lowest BCUT2D eigenvalue weighted by Gasteiger charge is -2.40. The highest BCUT2D eigenvalue weighted by Crippen LogP contribution is 2.39. The Hall–Kier alpha value is -7.36. The van der Waals surface area contributed by atoms with Crippen LogP contribution in [0.3, 0.4) is 0 Å². The standard InChI is InChI=1S/C52H70F2N10O10/c1-31(2)45(60-42(67)16-12-9-13-25-64-43(68)21-22-44(64)69)49(71)58-32(3)50(72)63(40(51(73)74)19-20-41(56)66)27-24-57-48(70)38(55)23-26-62(33(4)65)46(52(5,6)7)47-59-39(36-28-35(53)17-18-37(36)54)30-61(47)29-34-14-10-8-11-15-34/h8,10-11,14-15,17-18,21-22,28,30-32,38,40,45-46H,9,12-13,16,19-20,23-27,29,55H2,1-7H3,(H2,56,66)(H,57,70)(H,58,71)(H,60,67)(H,73,74)/t32-,38-,40-,45-,46-/m0/s1. The Morgan fingerprint density at radius 1 is 0.838 bits per heavy atom. The van der Waals surface area contributed by atoms with Gasteiger partial charge in [-0.3, -0.25) is 43.3 Å². The number of aliphatic carboxylic acids is 1. The van der Waals surface area contributed by atoms with Crippen LogP contribution in [-0.4, -0.2) is 133 Å². The van der Waals surface area contributed by atoms with E-state index in [-0.39, 0.29) is 50.3 Å². The van der Waals surface area contributed by atoms with E-state index in [0.717, 1.165) is 33.6 Å². The fourth-order valence-electron chi connectivity index (χ4n) is 8.57. The number of hydrogen-bond donors (Lipinski definition) is 6. The van der Waals surface area contributed by atoms with E-state index in [0.29, 0.717) is 25.1 Å². The molecule has 5 atom stereocenters. The molecule has 22 heteroatoms. The van der Waals surface area contributed by atoms with Gasteiger partial charge in [-0.25, -0.2) is 18.6 Å². The van der Waals surface area contributed by atoms with Crippen LogP contribution < -0.4 is 27.4 Å². The molecule has 0 spiro atoms. The molecule has 402 valence electrons. The summed E-state index contributed by atoms with van der Waals surface area (Å²) in [6.45, 7) is 11.3. The van der Waals surface area contributed by atoms with Crippen LogP contribution in [0.4, 0.5) is 8.78 Å². The van der Waals surface area contributed by atoms with Gasteiger partial charge in [0.05, 0.1) is 17.8 Å². The molecule has 1 aliphatic rings. The van der Waals surface area contributed by atoms with Crippen LogP contribution in [0.1, 0.15) is 111 Å². The van der Waals surface area contributed by atoms with Gasteiger partial charge in [0.1, 0.15) is 35.6 Å². The first-order chi connectivity index (χ1) is 34.8. The van der Waals surface area contributed by atoms with E-state index >= 15 is 4.39 Å². The molecule has 1 aliphatic heterocycles. The van der Waals surface area contributed by atoms with E-state index < -0.39 is 126 Å². The maximum atomic E-state index is 15.2. The summed E-state index contributed by atoms with van der Waals surface area (Å²) in [6.07, 6.45) is 4.52. The number of unbranched alkanes of at least 4 members (excludes halogenated alkanes) is 2. The maximum absolute atomic E-state index is 15.2. The number of primary amides is 1. The highest BCUT2D eigenvalue weighted by molar-refractivity contribution is 6.12. The number of carbonyl (C=O) groups is 9. The number of carboxylic acid groups (broad SMARTS) is 1. The van der Waals surface area contributed by atoms with Crippen molar-refractivity contribution in [1.29, 1.82) is 0 Å². The SMILES string of the molecule is CC(=O)N(CC[C@H](N)C(=O)NCCN(C(=O)[C@H](C)NC(=O)[C@@H](NC(=O)CCCCCN1C(=O)C=CC1=O)C(C)C)[C@@H](CCC(N)=O)C(=O)O)[C@@H](c1nc(-c2cc(F)ccc2F)cn1Cc1ccccc1)C(C)(C)C. The molecule has 0 aliphatic carbocycles. The highest BCUT2D eigenvalue weighted by Gasteiger charge is 2.39. The number of hydrogen-bond acceptors (Lipinski definition) is 11. The third-order valence-corrected chi connectivity index (χ3v) is 12.4. The lowest BCUT2D eigenvalue weighted by molar-refractivity contribution is -0.152. The zero-order valence-electron chi connectivity index (χ0n) is 43.1. The second-order valence-corrected chi connectivity index (χ2v) is 19.8. The van der Waals surface area contributed by atoms with E-state index in [2.05, 4.69) is 16.0 Å². The molecular formula is C52H70F2N10O10. The third kappa shape index (κ3) is 16.9. The fourth-order valence-corrected chi connectivity index (χ4v) is 8.57. The minimum Gasteiger partial charge on any atom is -0.480 e. The second-order valence-electron chi connectivity index (χ2n) is 19.8. The van der Waals surface area contributed by atoms with Crippen molar-refractivity contribution in [3.8, 4) is 11.3 Å². The number of nitrogens with zero attached hydrogens (tertiary/aromatic N) is 5. The number of aromatic nitrogens is 2. The minimum absolute atomic E-state index is 0.0333. The number of benzene rings is 2. The Kier molecular flexibility index (Phi) is 21.7. The smallest absolute Gasteiger partial charge is 0.326 e. The molecule has 0 unspecified atom stereocenters. The molecule has 4 rings (SSSR count). The minimum atomic E-state index is -1.62. The largest absolute Gasteiger partial charge is 0.480 e. The zero-order chi connectivity index (χ0) is 55.0. The van der Waals surface area contributed by atoms with Crippen molar-refractivity contribution in [3.05, 3.63) is 89.9 Å². The Labute approximate surface area is 429 Å². The summed E-state index contributed by atoms with van der Waals surface area (Å²) >= 11 is 0. The zero-order valence-corrected chi connectivity index (χ0v) is 43.1. The molecule has 1 aromatic heterocycles. The lowest BCUT2D eigenvalue weighted by atomic mass is 9.84. The van der Waals surface area contributed by atoms with E-state index in [1.807, 2.05) is 51.1 Å². The Morgan fingerprint density at radius 3 is 2.09 bits per heavy atom. The molecule has 2 aromatic carbocycles. The molecule has 8 amide bonds. The van der Waals surface area contributed by atoms with Gasteiger partial charge in [0, 0.05) is 76.4 Å². The van der Waals surface area contributed by atoms with Crippen LogP contribution in [-0.2, 0) is 49.7 Å². The van der Waals surface area contributed by atoms with Crippen LogP contribution in [0.25, 0.3) is 11.3 Å². The van der Waals surface area contributed by atoms with Crippen LogP contribution in [0.5, 0.6) is 0 Å². The molecule has 3 aromatic rings. The number of imidazole rings is 1. The number of nitrogens with two attached hydrogens (primary N) is 2. The van der Waals surface area contributed by atoms with Gasteiger partial charge in [-0.2, -0.15) is 0 Å². The van der Waals surface area contributed by atoms with Crippen molar-refractivity contribution in [2.24, 2.45) is 22.8 Å². The lowest BCUT2D eigenvalue weighted by Crippen LogP contribution is -2.58. The molecule has 20 nitrogen and oxygen atoms in total. The van der Waals surface area contributed by atoms with E-state index in [9.17, 15) is 52.6 Å². The highest BCUT2D eigenvalue weighted by atomic mass is 19.1. The Bertz CT molecular complexity index is 2530. The van der Waals surface area contributed by atoms with Gasteiger partial charge in [-0.05, 0) is 67.7 Å². The van der Waals surface area contributed by atoms with Crippen molar-refractivity contribution in [2.45, 2.75) is 130 Å². The number of amides is 8. The quantitative estimate of drug-likeness (QED) is 0.0451. The number of nitrogens with one attached hydrogen (secondary N) is 3. The topological polar surface area (TPSA) is 290 Å². The van der Waals surface area contributed by atoms with E-state index in [1.165, 1.54) is 30.9 Å². The number of halogens is 2. The van der Waals surface area contributed by atoms with Crippen molar-refractivity contribution >= 4 is 53.2 Å². The van der Waals surface area contributed by atoms with Crippen molar-refractivity contribution in [1.82, 2.24) is 40.2 Å². The summed E-state index contributed by atoms with van der Waals surface area (Å²) in [4.78, 5) is 124. The van der Waals surface area contributed by atoms with E-state index in [1.54, 1.807) is 24.6 Å². The van der Waals surface area contributed by atoms with Gasteiger partial charge in [0.15, 0.2) is 0 Å². The number of rotatable bonds is 28. The summed E-state index contributed by atoms with van der Waals surface area (Å²) in [5, 5.41) is 18.1. The van der Waals surface area contributed by atoms with Gasteiger partial charge in [-0.1, -0.05) is 71.4 Å². The normalized spacial score (nSPS) is 14.5. The monoisotopic (exact) mass is 1030 g/mol. The number of imide groups is 1. The summed E-state index contributed by atoms with van der Waals surface area (Å²) in [5.41, 5.74) is 12.0. The Balaban J connectivity index is 1.45. The molecule has 8 N–H and O–H groups in total. The van der Waals surface area contributed by atoms with Crippen LogP contribution in [0.15, 0.2) is 66.9 Å². The van der Waals surface area contributed by atoms with Crippen molar-refractivity contribution in [2.75, 3.05) is 26.2 Å². The van der Waals surface area contributed by atoms with Gasteiger partial charge < -0.3 is 46.9 Å². The van der Waals surface area contributed by atoms with E-state index in [4.69, 9.17) is 16.5 Å². The maximum Gasteiger partial charge on any atom is 0.326 e. The average Bonchev–Trinajstić information content (AvgIpc) is 3.88. The first kappa shape index (κ1) is 59.2. The summed E-state index contributed by atoms with van der Waals surface area (Å²) in [6, 6.07) is 6.30. The molecule has 0 saturated carbocycles. The van der Waals surface area contributed by atoms with Crippen LogP contribution >= 0.6 is 0 Å². The van der Waals surface area contributed by atoms with Gasteiger partial charge in [0.25, 0.3) is 11.8 Å². The molecular weight excluding hydrogens is 963 g/mol. The third-order valence-electron chi connectivity index (χ3n) is 12.4. The predicted octanol–water partition coefficient (Wildman–Crippen LogP) is 3.32. The molecule has 0 bridgehead atoms. The summed E-state index contributed by atoms with van der Waals surface area (Å²) in [7, 11) is 0. The van der Waals surface area contributed by atoms with Gasteiger partial charge in [0.2, 0.25) is 35.4 Å². The predicted molar refractivity (Wildman–Crippen MR) is 269 cm³/mol.